The number of carboxylic acid groups (broad SMARTS) is 1. The minimum atomic E-state index is -0.997. The Labute approximate surface area is 118 Å². The molecule has 0 bridgehead atoms. The summed E-state index contributed by atoms with van der Waals surface area (Å²) in [6, 6.07) is 11.5. The molecule has 0 saturated carbocycles. The first-order chi connectivity index (χ1) is 9.04. The molecule has 3 nitrogen and oxygen atoms in total. The van der Waals surface area contributed by atoms with Crippen LogP contribution in [0.2, 0.25) is 0 Å². The smallest absolute Gasteiger partial charge is 0.307 e. The highest BCUT2D eigenvalue weighted by atomic mass is 79.9. The molecule has 0 fully saturated rings. The number of halogens is 2. The van der Waals surface area contributed by atoms with E-state index in [0.29, 0.717) is 11.3 Å². The number of carbonyl (C=O) groups is 1. The van der Waals surface area contributed by atoms with Gasteiger partial charge in [0.2, 0.25) is 0 Å². The van der Waals surface area contributed by atoms with E-state index in [9.17, 15) is 9.18 Å². The third kappa shape index (κ3) is 3.79. The van der Waals surface area contributed by atoms with Gasteiger partial charge in [0, 0.05) is 15.8 Å². The van der Waals surface area contributed by atoms with E-state index >= 15 is 0 Å². The van der Waals surface area contributed by atoms with Crippen molar-refractivity contribution in [3.63, 3.8) is 0 Å². The monoisotopic (exact) mass is 323 g/mol. The fourth-order valence-corrected chi connectivity index (χ4v) is 2.11. The van der Waals surface area contributed by atoms with E-state index in [4.69, 9.17) is 5.11 Å². The Morgan fingerprint density at radius 1 is 1.26 bits per heavy atom. The third-order valence-electron chi connectivity index (χ3n) is 2.51. The quantitative estimate of drug-likeness (QED) is 0.895. The first-order valence-electron chi connectivity index (χ1n) is 5.57. The number of rotatable bonds is 4. The maximum Gasteiger partial charge on any atom is 0.307 e. The van der Waals surface area contributed by atoms with Crippen LogP contribution >= 0.6 is 15.9 Å². The molecule has 0 saturated heterocycles. The van der Waals surface area contributed by atoms with Gasteiger partial charge in [-0.25, -0.2) is 4.39 Å². The summed E-state index contributed by atoms with van der Waals surface area (Å²) in [5.74, 6) is -1.45. The van der Waals surface area contributed by atoms with Gasteiger partial charge < -0.3 is 10.4 Å². The van der Waals surface area contributed by atoms with Gasteiger partial charge in [0.15, 0.2) is 0 Å². The Hall–Kier alpha value is -1.88. The molecule has 2 N–H and O–H groups in total. The van der Waals surface area contributed by atoms with Crippen molar-refractivity contribution in [1.29, 1.82) is 0 Å². The number of hydrogen-bond acceptors (Lipinski definition) is 2. The van der Waals surface area contributed by atoms with Crippen LogP contribution in [-0.4, -0.2) is 11.1 Å². The summed E-state index contributed by atoms with van der Waals surface area (Å²) < 4.78 is 14.1. The van der Waals surface area contributed by atoms with Gasteiger partial charge >= 0.3 is 5.97 Å². The lowest BCUT2D eigenvalue weighted by molar-refractivity contribution is -0.136. The second kappa shape index (κ2) is 5.84. The molecule has 0 radical (unpaired) electrons. The summed E-state index contributed by atoms with van der Waals surface area (Å²) in [7, 11) is 0. The number of aliphatic carboxylic acids is 1. The first kappa shape index (κ1) is 13.5. The fraction of sp³-hybridized carbons (Fsp3) is 0.0714. The predicted octanol–water partition coefficient (Wildman–Crippen LogP) is 3.96. The lowest BCUT2D eigenvalue weighted by Crippen LogP contribution is -2.04. The highest BCUT2D eigenvalue weighted by Crippen LogP contribution is 2.24. The molecular weight excluding hydrogens is 313 g/mol. The first-order valence-corrected chi connectivity index (χ1v) is 6.37. The van der Waals surface area contributed by atoms with E-state index in [0.717, 1.165) is 10.2 Å². The van der Waals surface area contributed by atoms with Gasteiger partial charge in [0.05, 0.1) is 6.42 Å². The summed E-state index contributed by atoms with van der Waals surface area (Å²) in [5.41, 5.74) is 1.79. The lowest BCUT2D eigenvalue weighted by Gasteiger charge is -2.11. The average Bonchev–Trinajstić information content (AvgIpc) is 2.32. The highest BCUT2D eigenvalue weighted by Gasteiger charge is 2.08. The van der Waals surface area contributed by atoms with Crippen molar-refractivity contribution in [1.82, 2.24) is 0 Å². The standard InChI is InChI=1S/C14H11BrFNO2/c15-10-2-1-3-12(8-10)17-13-5-4-11(16)6-9(13)7-14(18)19/h1-6,8,17H,7H2,(H,18,19). The lowest BCUT2D eigenvalue weighted by atomic mass is 10.1. The number of benzene rings is 2. The average molecular weight is 324 g/mol. The van der Waals surface area contributed by atoms with Gasteiger partial charge in [-0.3, -0.25) is 4.79 Å². The molecule has 0 amide bonds. The molecule has 2 aromatic rings. The number of nitrogens with one attached hydrogen (secondary N) is 1. The van der Waals surface area contributed by atoms with Crippen LogP contribution in [0, 0.1) is 5.82 Å². The molecule has 2 rings (SSSR count). The van der Waals surface area contributed by atoms with Crippen molar-refractivity contribution in [2.45, 2.75) is 6.42 Å². The SMILES string of the molecule is O=C(O)Cc1cc(F)ccc1Nc1cccc(Br)c1. The maximum atomic E-state index is 13.2. The largest absolute Gasteiger partial charge is 0.481 e. The second-order valence-electron chi connectivity index (χ2n) is 4.01. The maximum absolute atomic E-state index is 13.2. The Morgan fingerprint density at radius 3 is 2.74 bits per heavy atom. The summed E-state index contributed by atoms with van der Waals surface area (Å²) in [4.78, 5) is 10.8. The molecule has 0 aliphatic heterocycles. The molecule has 19 heavy (non-hydrogen) atoms. The molecule has 0 aliphatic carbocycles. The van der Waals surface area contributed by atoms with E-state index in [1.165, 1.54) is 18.2 Å². The minimum absolute atomic E-state index is 0.228. The van der Waals surface area contributed by atoms with Crippen LogP contribution in [0.3, 0.4) is 0 Å². The van der Waals surface area contributed by atoms with Crippen molar-refractivity contribution in [2.24, 2.45) is 0 Å². The molecule has 0 atom stereocenters. The zero-order valence-corrected chi connectivity index (χ0v) is 11.4. The molecule has 0 heterocycles. The van der Waals surface area contributed by atoms with Crippen molar-refractivity contribution >= 4 is 33.3 Å². The summed E-state index contributed by atoms with van der Waals surface area (Å²) in [5, 5.41) is 11.9. The van der Waals surface area contributed by atoms with E-state index in [-0.39, 0.29) is 6.42 Å². The van der Waals surface area contributed by atoms with Gasteiger partial charge in [-0.1, -0.05) is 22.0 Å². The third-order valence-corrected chi connectivity index (χ3v) is 3.01. The molecular formula is C14H11BrFNO2. The molecule has 98 valence electrons. The Balaban J connectivity index is 2.31. The molecule has 0 unspecified atom stereocenters. The van der Waals surface area contributed by atoms with Gasteiger partial charge in [-0.05, 0) is 42.0 Å². The number of hydrogen-bond donors (Lipinski definition) is 2. The number of anilines is 2. The summed E-state index contributed by atoms with van der Waals surface area (Å²) in [6.45, 7) is 0. The normalized spacial score (nSPS) is 10.2. The topological polar surface area (TPSA) is 49.3 Å². The zero-order valence-electron chi connectivity index (χ0n) is 9.86. The molecule has 2 aromatic carbocycles. The van der Waals surface area contributed by atoms with E-state index in [2.05, 4.69) is 21.2 Å². The van der Waals surface area contributed by atoms with Crippen molar-refractivity contribution < 1.29 is 14.3 Å². The van der Waals surface area contributed by atoms with Crippen LogP contribution in [0.5, 0.6) is 0 Å². The van der Waals surface area contributed by atoms with Crippen LogP contribution in [0.15, 0.2) is 46.9 Å². The van der Waals surface area contributed by atoms with Crippen molar-refractivity contribution in [3.05, 3.63) is 58.3 Å². The van der Waals surface area contributed by atoms with Crippen LogP contribution in [0.25, 0.3) is 0 Å². The Morgan fingerprint density at radius 2 is 2.05 bits per heavy atom. The summed E-state index contributed by atoms with van der Waals surface area (Å²) in [6.07, 6.45) is -0.228. The Bertz CT molecular complexity index is 616. The van der Waals surface area contributed by atoms with Gasteiger partial charge in [-0.15, -0.1) is 0 Å². The van der Waals surface area contributed by atoms with E-state index in [1.54, 1.807) is 0 Å². The van der Waals surface area contributed by atoms with Gasteiger partial charge in [0.1, 0.15) is 5.82 Å². The van der Waals surface area contributed by atoms with Crippen molar-refractivity contribution in [2.75, 3.05) is 5.32 Å². The number of carboxylic acids is 1. The second-order valence-corrected chi connectivity index (χ2v) is 4.92. The van der Waals surface area contributed by atoms with Crippen LogP contribution in [-0.2, 0) is 11.2 Å². The molecule has 0 aromatic heterocycles. The zero-order chi connectivity index (χ0) is 13.8. The van der Waals surface area contributed by atoms with Crippen molar-refractivity contribution in [3.8, 4) is 0 Å². The minimum Gasteiger partial charge on any atom is -0.481 e. The van der Waals surface area contributed by atoms with E-state index in [1.807, 2.05) is 24.3 Å². The van der Waals surface area contributed by atoms with Gasteiger partial charge in [0.25, 0.3) is 0 Å². The summed E-state index contributed by atoms with van der Waals surface area (Å²) >= 11 is 3.35. The Kier molecular flexibility index (Phi) is 4.16. The van der Waals surface area contributed by atoms with Crippen LogP contribution < -0.4 is 5.32 Å². The molecule has 0 spiro atoms. The molecule has 0 aliphatic rings. The molecule has 5 heteroatoms. The van der Waals surface area contributed by atoms with Crippen LogP contribution in [0.4, 0.5) is 15.8 Å². The van der Waals surface area contributed by atoms with Gasteiger partial charge in [-0.2, -0.15) is 0 Å². The highest BCUT2D eigenvalue weighted by molar-refractivity contribution is 9.10. The van der Waals surface area contributed by atoms with Crippen LogP contribution in [0.1, 0.15) is 5.56 Å². The van der Waals surface area contributed by atoms with E-state index < -0.39 is 11.8 Å². The fourth-order valence-electron chi connectivity index (χ4n) is 1.72. The predicted molar refractivity (Wildman–Crippen MR) is 75.2 cm³/mol.